The lowest BCUT2D eigenvalue weighted by molar-refractivity contribution is 0.0310. The molecule has 154 valence electrons. The maximum Gasteiger partial charge on any atom is 0.188 e. The molecule has 2 aliphatic rings. The van der Waals surface area contributed by atoms with E-state index < -0.39 is 9.84 Å². The Morgan fingerprint density at radius 3 is 2.57 bits per heavy atom. The minimum absolute atomic E-state index is 0.0972. The monoisotopic (exact) mass is 426 g/mol. The summed E-state index contributed by atoms with van der Waals surface area (Å²) in [4.78, 5) is 4.65. The van der Waals surface area contributed by atoms with E-state index in [0.29, 0.717) is 9.90 Å². The summed E-state index contributed by atoms with van der Waals surface area (Å²) in [6, 6.07) is 4.10. The molecule has 4 heterocycles. The Hall–Kier alpha value is -1.33. The molecular weight excluding hydrogens is 400 g/mol. The van der Waals surface area contributed by atoms with Crippen LogP contribution in [0.4, 0.5) is 0 Å². The molecule has 2 aromatic heterocycles. The normalized spacial score (nSPS) is 22.5. The first-order valence-corrected chi connectivity index (χ1v) is 12.3. The van der Waals surface area contributed by atoms with E-state index in [4.69, 9.17) is 9.15 Å². The van der Waals surface area contributed by atoms with Gasteiger partial charge in [0.05, 0.1) is 32.0 Å². The number of hydrogen-bond donors (Lipinski definition) is 0. The van der Waals surface area contributed by atoms with E-state index in [2.05, 4.69) is 25.5 Å². The Kier molecular flexibility index (Phi) is 6.12. The lowest BCUT2D eigenvalue weighted by atomic mass is 9.95. The maximum atomic E-state index is 12.0. The van der Waals surface area contributed by atoms with Crippen molar-refractivity contribution >= 4 is 21.4 Å². The second kappa shape index (κ2) is 8.58. The highest BCUT2D eigenvalue weighted by Gasteiger charge is 2.29. The Balaban J connectivity index is 1.37. The van der Waals surface area contributed by atoms with Gasteiger partial charge in [0.2, 0.25) is 0 Å². The van der Waals surface area contributed by atoms with Crippen molar-refractivity contribution in [2.45, 2.75) is 36.1 Å². The van der Waals surface area contributed by atoms with Crippen LogP contribution in [0.15, 0.2) is 20.8 Å². The number of likely N-dealkylation sites (tertiary alicyclic amines) is 1. The quantitative estimate of drug-likeness (QED) is 0.690. The van der Waals surface area contributed by atoms with Crippen LogP contribution in [0, 0.1) is 0 Å². The van der Waals surface area contributed by atoms with Gasteiger partial charge in [0, 0.05) is 43.3 Å². The van der Waals surface area contributed by atoms with E-state index in [-0.39, 0.29) is 5.92 Å². The van der Waals surface area contributed by atoms with Gasteiger partial charge < -0.3 is 9.15 Å². The Morgan fingerprint density at radius 2 is 1.86 bits per heavy atom. The average Bonchev–Trinajstić information content (AvgIpc) is 3.32. The van der Waals surface area contributed by atoms with Gasteiger partial charge in [-0.05, 0) is 31.5 Å². The molecular formula is C18H26N4O4S2. The lowest BCUT2D eigenvalue weighted by Gasteiger charge is -2.31. The first-order valence-electron chi connectivity index (χ1n) is 9.61. The second-order valence-electron chi connectivity index (χ2n) is 7.55. The van der Waals surface area contributed by atoms with Gasteiger partial charge in [-0.2, -0.15) is 0 Å². The minimum atomic E-state index is -3.28. The molecule has 1 atom stereocenters. The van der Waals surface area contributed by atoms with Gasteiger partial charge in [-0.3, -0.25) is 9.80 Å². The van der Waals surface area contributed by atoms with Crippen LogP contribution in [-0.4, -0.2) is 73.5 Å². The van der Waals surface area contributed by atoms with E-state index in [0.717, 1.165) is 88.4 Å². The van der Waals surface area contributed by atoms with Crippen molar-refractivity contribution in [1.82, 2.24) is 19.4 Å². The van der Waals surface area contributed by atoms with Crippen LogP contribution < -0.4 is 0 Å². The fourth-order valence-electron chi connectivity index (χ4n) is 3.91. The highest BCUT2D eigenvalue weighted by molar-refractivity contribution is 7.92. The zero-order valence-corrected chi connectivity index (χ0v) is 17.7. The van der Waals surface area contributed by atoms with Crippen LogP contribution in [-0.2, 0) is 27.7 Å². The topological polar surface area (TPSA) is 88.8 Å². The van der Waals surface area contributed by atoms with Gasteiger partial charge in [-0.25, -0.2) is 8.42 Å². The van der Waals surface area contributed by atoms with Gasteiger partial charge in [-0.15, -0.1) is 5.10 Å². The molecule has 0 radical (unpaired) electrons. The number of rotatable bonds is 6. The van der Waals surface area contributed by atoms with Crippen LogP contribution in [0.2, 0.25) is 0 Å². The second-order valence-corrected chi connectivity index (χ2v) is 10.5. The van der Waals surface area contributed by atoms with Gasteiger partial charge in [-0.1, -0.05) is 4.49 Å². The largest absolute Gasteiger partial charge is 0.463 e. The lowest BCUT2D eigenvalue weighted by Crippen LogP contribution is -2.35. The number of morpholine rings is 1. The minimum Gasteiger partial charge on any atom is -0.463 e. The van der Waals surface area contributed by atoms with Crippen molar-refractivity contribution in [3.05, 3.63) is 29.3 Å². The molecule has 28 heavy (non-hydrogen) atoms. The van der Waals surface area contributed by atoms with Crippen molar-refractivity contribution in [2.75, 3.05) is 45.6 Å². The number of aromatic nitrogens is 2. The molecule has 0 aliphatic carbocycles. The van der Waals surface area contributed by atoms with Crippen molar-refractivity contribution in [1.29, 1.82) is 0 Å². The number of piperidine rings is 1. The van der Waals surface area contributed by atoms with Crippen molar-refractivity contribution in [2.24, 2.45) is 0 Å². The summed E-state index contributed by atoms with van der Waals surface area (Å²) in [5.74, 6) is 2.03. The first kappa shape index (κ1) is 20.0. The third-order valence-corrected chi connectivity index (χ3v) is 7.84. The molecule has 2 aliphatic heterocycles. The fourth-order valence-corrected chi connectivity index (χ4v) is 5.64. The summed E-state index contributed by atoms with van der Waals surface area (Å²) in [5, 5.41) is 4.14. The van der Waals surface area contributed by atoms with Gasteiger partial charge in [0.15, 0.2) is 14.0 Å². The molecule has 2 saturated heterocycles. The Bertz CT molecular complexity index is 889. The molecule has 0 aromatic carbocycles. The molecule has 0 saturated carbocycles. The van der Waals surface area contributed by atoms with Gasteiger partial charge >= 0.3 is 0 Å². The maximum absolute atomic E-state index is 12.0. The average molecular weight is 427 g/mol. The van der Waals surface area contributed by atoms with E-state index in [1.807, 2.05) is 6.07 Å². The summed E-state index contributed by atoms with van der Waals surface area (Å²) >= 11 is 0.975. The van der Waals surface area contributed by atoms with Gasteiger partial charge in [0.25, 0.3) is 0 Å². The van der Waals surface area contributed by atoms with Crippen LogP contribution in [0.5, 0.6) is 0 Å². The smallest absolute Gasteiger partial charge is 0.188 e. The predicted octanol–water partition coefficient (Wildman–Crippen LogP) is 1.75. The number of sulfone groups is 1. The molecule has 2 fully saturated rings. The molecule has 0 spiro atoms. The zero-order valence-electron chi connectivity index (χ0n) is 16.0. The van der Waals surface area contributed by atoms with Crippen LogP contribution in [0.1, 0.15) is 36.0 Å². The fraction of sp³-hybridized carbons (Fsp3) is 0.667. The first-order chi connectivity index (χ1) is 13.5. The number of nitrogens with zero attached hydrogens (tertiary/aromatic N) is 4. The predicted molar refractivity (Wildman–Crippen MR) is 105 cm³/mol. The Morgan fingerprint density at radius 1 is 1.14 bits per heavy atom. The van der Waals surface area contributed by atoms with Crippen molar-refractivity contribution < 1.29 is 17.6 Å². The number of furan rings is 1. The molecule has 4 rings (SSSR count). The van der Waals surface area contributed by atoms with E-state index in [1.165, 1.54) is 6.26 Å². The molecule has 1 unspecified atom stereocenters. The standard InChI is InChI=1S/C18H26N4O4S2/c1-28(23,24)18-17(19-20-27-18)14-3-2-6-22(11-14)13-16-5-4-15(26-16)12-21-7-9-25-10-8-21/h4-5,14H,2-3,6-13H2,1H3. The molecule has 0 amide bonds. The summed E-state index contributed by atoms with van der Waals surface area (Å²) < 4.78 is 39.6. The zero-order chi connectivity index (χ0) is 19.6. The van der Waals surface area contributed by atoms with Crippen LogP contribution >= 0.6 is 11.5 Å². The van der Waals surface area contributed by atoms with Crippen molar-refractivity contribution in [3.63, 3.8) is 0 Å². The van der Waals surface area contributed by atoms with E-state index in [1.54, 1.807) is 0 Å². The summed E-state index contributed by atoms with van der Waals surface area (Å²) in [6.07, 6.45) is 3.17. The molecule has 8 nitrogen and oxygen atoms in total. The third-order valence-electron chi connectivity index (χ3n) is 5.29. The van der Waals surface area contributed by atoms with Gasteiger partial charge in [0.1, 0.15) is 11.5 Å². The highest BCUT2D eigenvalue weighted by atomic mass is 32.2. The van der Waals surface area contributed by atoms with Crippen LogP contribution in [0.3, 0.4) is 0 Å². The highest BCUT2D eigenvalue weighted by Crippen LogP contribution is 2.32. The van der Waals surface area contributed by atoms with Crippen LogP contribution in [0.25, 0.3) is 0 Å². The van der Waals surface area contributed by atoms with E-state index >= 15 is 0 Å². The number of hydrogen-bond acceptors (Lipinski definition) is 9. The molecule has 2 aromatic rings. The van der Waals surface area contributed by atoms with Crippen molar-refractivity contribution in [3.8, 4) is 0 Å². The van der Waals surface area contributed by atoms with E-state index in [9.17, 15) is 8.42 Å². The third kappa shape index (κ3) is 4.80. The summed E-state index contributed by atoms with van der Waals surface area (Å²) in [7, 11) is -3.28. The molecule has 0 N–H and O–H groups in total. The molecule has 10 heteroatoms. The SMILES string of the molecule is CS(=O)(=O)c1snnc1C1CCCN(Cc2ccc(CN3CCOCC3)o2)C1. The summed E-state index contributed by atoms with van der Waals surface area (Å²) in [6.45, 7) is 6.73. The molecule has 0 bridgehead atoms. The Labute approximate surface area is 169 Å². The summed E-state index contributed by atoms with van der Waals surface area (Å²) in [5.41, 5.74) is 0.629. The number of ether oxygens (including phenoxy) is 1.